The number of hydrogen-bond acceptors (Lipinski definition) is 11. The molecule has 0 saturated carbocycles. The molecule has 6 heterocycles. The molecule has 15 nitrogen and oxygen atoms in total. The Balaban J connectivity index is 0.943. The number of fused-ring (bicyclic) bond motifs is 2. The third-order valence-corrected chi connectivity index (χ3v) is 11.9. The normalized spacial score (nSPS) is 17.5. The van der Waals surface area contributed by atoms with Crippen LogP contribution in [0.25, 0.3) is 5.65 Å². The van der Waals surface area contributed by atoms with Gasteiger partial charge in [0, 0.05) is 49.9 Å². The number of rotatable bonds is 12. The standard InChI is InChI=1S/C45H52F4N8O7/c1-43(2,3)64-38(58)10-9-34(39(50)59)57-41(61)27-19-30(46)35(20-28(27)42(57)62)55-17-11-25(12-18-55)22-54-15-13-26(14-16-54)32-23-56-24-33(29(44(4,5)63)21-37(56)52-32)53-40(60)31-7-6-8-36(51-31)45(47,48)49/h6-8,19-21,23-26,34,63H,9-18,22H2,1-5H3,(H2,50,59)(H,53,60)/t34-/m1/s1. The number of hydrogen-bond donors (Lipinski definition) is 3. The number of carbonyl (C=O) groups is 5. The summed E-state index contributed by atoms with van der Waals surface area (Å²) in [4.78, 5) is 78.1. The molecule has 0 spiro atoms. The highest BCUT2D eigenvalue weighted by Gasteiger charge is 2.44. The Hall–Kier alpha value is -5.95. The van der Waals surface area contributed by atoms with Gasteiger partial charge in [-0.05, 0) is 116 Å². The number of primary amides is 1. The minimum atomic E-state index is -4.72. The summed E-state index contributed by atoms with van der Waals surface area (Å²) in [6, 6.07) is 5.69. The predicted octanol–water partition coefficient (Wildman–Crippen LogP) is 6.03. The molecule has 0 radical (unpaired) electrons. The van der Waals surface area contributed by atoms with Gasteiger partial charge in [-0.1, -0.05) is 6.07 Å². The van der Waals surface area contributed by atoms with Gasteiger partial charge < -0.3 is 35.1 Å². The highest BCUT2D eigenvalue weighted by Crippen LogP contribution is 2.36. The molecule has 0 bridgehead atoms. The van der Waals surface area contributed by atoms with Crippen molar-refractivity contribution in [2.24, 2.45) is 11.7 Å². The lowest BCUT2D eigenvalue weighted by atomic mass is 9.91. The molecule has 19 heteroatoms. The number of esters is 1. The van der Waals surface area contributed by atoms with Crippen LogP contribution >= 0.6 is 0 Å². The fourth-order valence-electron chi connectivity index (χ4n) is 8.73. The number of carbonyl (C=O) groups excluding carboxylic acids is 5. The van der Waals surface area contributed by atoms with Gasteiger partial charge in [0.05, 0.1) is 33.8 Å². The SMILES string of the molecule is CC(C)(C)OC(=O)CC[C@H](C(N)=O)N1C(=O)c2cc(F)c(N3CCC(CN4CCC(c5cn6cc(NC(=O)c7cccc(C(F)(F)F)n7)c(C(C)(C)O)cc6n5)CC4)CC3)cc2C1=O. The number of halogens is 4. The number of amides is 4. The number of likely N-dealkylation sites (tertiary alicyclic amines) is 1. The van der Waals surface area contributed by atoms with Gasteiger partial charge in [-0.2, -0.15) is 13.2 Å². The number of aromatic nitrogens is 3. The van der Waals surface area contributed by atoms with Crippen LogP contribution in [0.3, 0.4) is 0 Å². The second-order valence-corrected chi connectivity index (χ2v) is 18.3. The van der Waals surface area contributed by atoms with Crippen molar-refractivity contribution in [2.75, 3.05) is 42.9 Å². The Kier molecular flexibility index (Phi) is 12.6. The first-order valence-corrected chi connectivity index (χ1v) is 21.3. The third kappa shape index (κ3) is 10.0. The highest BCUT2D eigenvalue weighted by atomic mass is 19.4. The van der Waals surface area contributed by atoms with E-state index in [1.165, 1.54) is 26.0 Å². The molecule has 3 aromatic heterocycles. The summed E-state index contributed by atoms with van der Waals surface area (Å²) >= 11 is 0. The van der Waals surface area contributed by atoms with E-state index >= 15 is 4.39 Å². The fraction of sp³-hybridized carbons (Fsp3) is 0.489. The molecule has 3 aliphatic heterocycles. The Bertz CT molecular complexity index is 2480. The highest BCUT2D eigenvalue weighted by molar-refractivity contribution is 6.23. The number of ether oxygens (including phenoxy) is 1. The van der Waals surface area contributed by atoms with Crippen molar-refractivity contribution in [3.05, 3.63) is 88.4 Å². The average molecular weight is 893 g/mol. The maximum absolute atomic E-state index is 15.6. The van der Waals surface area contributed by atoms with Crippen LogP contribution in [0.15, 0.2) is 48.8 Å². The van der Waals surface area contributed by atoms with Crippen LogP contribution in [0, 0.1) is 11.7 Å². The molecular formula is C45H52F4N8O7. The maximum Gasteiger partial charge on any atom is 0.433 e. The first kappa shape index (κ1) is 46.1. The van der Waals surface area contributed by atoms with Crippen LogP contribution < -0.4 is 16.0 Å². The minimum absolute atomic E-state index is 0.0306. The van der Waals surface area contributed by atoms with Gasteiger partial charge >= 0.3 is 12.1 Å². The summed E-state index contributed by atoms with van der Waals surface area (Å²) in [5.41, 5.74) is 3.65. The van der Waals surface area contributed by atoms with E-state index in [1.807, 2.05) is 11.1 Å². The van der Waals surface area contributed by atoms with Crippen molar-refractivity contribution >= 4 is 46.6 Å². The number of nitrogens with zero attached hydrogens (tertiary/aromatic N) is 6. The van der Waals surface area contributed by atoms with Crippen LogP contribution in [0.1, 0.15) is 127 Å². The summed E-state index contributed by atoms with van der Waals surface area (Å²) in [6.45, 7) is 11.6. The molecule has 0 aliphatic carbocycles. The Morgan fingerprint density at radius 2 is 1.58 bits per heavy atom. The van der Waals surface area contributed by atoms with Gasteiger partial charge in [-0.15, -0.1) is 0 Å². The van der Waals surface area contributed by atoms with Crippen molar-refractivity contribution in [1.82, 2.24) is 24.2 Å². The first-order chi connectivity index (χ1) is 30.0. The Morgan fingerprint density at radius 1 is 0.922 bits per heavy atom. The Morgan fingerprint density at radius 3 is 2.19 bits per heavy atom. The van der Waals surface area contributed by atoms with Crippen molar-refractivity contribution in [3.63, 3.8) is 0 Å². The summed E-state index contributed by atoms with van der Waals surface area (Å²) in [5.74, 6) is -4.28. The van der Waals surface area contributed by atoms with Crippen LogP contribution in [0.5, 0.6) is 0 Å². The third-order valence-electron chi connectivity index (χ3n) is 11.9. The largest absolute Gasteiger partial charge is 0.460 e. The second-order valence-electron chi connectivity index (χ2n) is 18.3. The smallest absolute Gasteiger partial charge is 0.433 e. The molecule has 1 aromatic carbocycles. The summed E-state index contributed by atoms with van der Waals surface area (Å²) in [6.07, 6.45) is 1.41. The summed E-state index contributed by atoms with van der Waals surface area (Å²) < 4.78 is 62.5. The van der Waals surface area contributed by atoms with Gasteiger partial charge in [-0.3, -0.25) is 28.9 Å². The maximum atomic E-state index is 15.6. The number of imide groups is 1. The van der Waals surface area contributed by atoms with Crippen molar-refractivity contribution in [2.45, 2.75) is 102 Å². The van der Waals surface area contributed by atoms with E-state index in [4.69, 9.17) is 15.5 Å². The average Bonchev–Trinajstić information content (AvgIpc) is 3.73. The Labute approximate surface area is 366 Å². The molecular weight excluding hydrogens is 841 g/mol. The van der Waals surface area contributed by atoms with Gasteiger partial charge in [0.2, 0.25) is 5.91 Å². The molecule has 2 saturated heterocycles. The zero-order chi connectivity index (χ0) is 46.5. The zero-order valence-electron chi connectivity index (χ0n) is 36.3. The van der Waals surface area contributed by atoms with Crippen LogP contribution in [0.2, 0.25) is 0 Å². The van der Waals surface area contributed by atoms with Crippen molar-refractivity contribution in [3.8, 4) is 0 Å². The van der Waals surface area contributed by atoms with Crippen molar-refractivity contribution in [1.29, 1.82) is 0 Å². The molecule has 2 fully saturated rings. The monoisotopic (exact) mass is 892 g/mol. The van der Waals surface area contributed by atoms with Gasteiger partial charge in [0.25, 0.3) is 17.7 Å². The van der Waals surface area contributed by atoms with E-state index in [2.05, 4.69) is 15.2 Å². The lowest BCUT2D eigenvalue weighted by molar-refractivity contribution is -0.155. The zero-order valence-corrected chi connectivity index (χ0v) is 36.3. The van der Waals surface area contributed by atoms with Crippen LogP contribution in [-0.2, 0) is 26.1 Å². The molecule has 4 N–H and O–H groups in total. The molecule has 4 aromatic rings. The van der Waals surface area contributed by atoms with E-state index in [0.717, 1.165) is 69.2 Å². The minimum Gasteiger partial charge on any atom is -0.460 e. The molecule has 7 rings (SSSR count). The number of aliphatic hydroxyl groups is 1. The molecule has 4 amide bonds. The van der Waals surface area contributed by atoms with E-state index in [9.17, 15) is 42.3 Å². The number of nitrogens with one attached hydrogen (secondary N) is 1. The van der Waals surface area contributed by atoms with E-state index in [1.54, 1.807) is 37.4 Å². The number of benzene rings is 1. The number of nitrogens with two attached hydrogens (primary N) is 1. The molecule has 342 valence electrons. The topological polar surface area (TPSA) is 193 Å². The molecule has 1 atom stereocenters. The van der Waals surface area contributed by atoms with Crippen LogP contribution in [0.4, 0.5) is 28.9 Å². The number of imidazole rings is 1. The number of anilines is 2. The van der Waals surface area contributed by atoms with E-state index < -0.39 is 70.2 Å². The molecule has 0 unspecified atom stereocenters. The number of pyridine rings is 2. The summed E-state index contributed by atoms with van der Waals surface area (Å²) in [5, 5.41) is 13.6. The van der Waals surface area contributed by atoms with E-state index in [-0.39, 0.29) is 41.3 Å². The predicted molar refractivity (Wildman–Crippen MR) is 226 cm³/mol. The second kappa shape index (κ2) is 17.6. The lowest BCUT2D eigenvalue weighted by Crippen LogP contribution is -2.48. The van der Waals surface area contributed by atoms with E-state index in [0.29, 0.717) is 35.1 Å². The van der Waals surface area contributed by atoms with Crippen LogP contribution in [-0.4, -0.2) is 103 Å². The molecule has 3 aliphatic rings. The quantitative estimate of drug-likeness (QED) is 0.0854. The number of alkyl halides is 3. The summed E-state index contributed by atoms with van der Waals surface area (Å²) in [7, 11) is 0. The first-order valence-electron chi connectivity index (χ1n) is 21.3. The molecule has 64 heavy (non-hydrogen) atoms. The lowest BCUT2D eigenvalue weighted by Gasteiger charge is -2.38. The van der Waals surface area contributed by atoms with Crippen molar-refractivity contribution < 1.29 is 51.4 Å². The van der Waals surface area contributed by atoms with Gasteiger partial charge in [-0.25, -0.2) is 14.4 Å². The fourth-order valence-corrected chi connectivity index (χ4v) is 8.73. The number of piperidine rings is 2. The van der Waals surface area contributed by atoms with Gasteiger partial charge in [0.1, 0.15) is 34.5 Å². The van der Waals surface area contributed by atoms with Gasteiger partial charge in [0.15, 0.2) is 0 Å².